The molecule has 35 heavy (non-hydrogen) atoms. The highest BCUT2D eigenvalue weighted by Crippen LogP contribution is 2.37. The number of benzene rings is 2. The molecule has 3 aromatic rings. The fraction of sp³-hybridized carbons (Fsp3) is 0.296. The molecule has 2 aliphatic heterocycles. The Bertz CT molecular complexity index is 1330. The SMILES string of the molecule is Cc1cc(C(=O)CN2C(=O)N[C@](C)(c3ccc4c(c3)OCCO4)C2=O)c(C)n1Cc1ccccc1. The zero-order valence-corrected chi connectivity index (χ0v) is 20.0. The molecule has 5 rings (SSSR count). The van der Waals surface area contributed by atoms with Crippen molar-refractivity contribution in [2.24, 2.45) is 0 Å². The molecule has 0 saturated carbocycles. The van der Waals surface area contributed by atoms with Crippen LogP contribution < -0.4 is 14.8 Å². The van der Waals surface area contributed by atoms with E-state index in [1.807, 2.05) is 50.2 Å². The highest BCUT2D eigenvalue weighted by Gasteiger charge is 2.50. The van der Waals surface area contributed by atoms with Gasteiger partial charge in [0.2, 0.25) is 0 Å². The predicted molar refractivity (Wildman–Crippen MR) is 129 cm³/mol. The molecule has 0 spiro atoms. The minimum Gasteiger partial charge on any atom is -0.486 e. The number of imide groups is 1. The van der Waals surface area contributed by atoms with Crippen molar-refractivity contribution in [2.45, 2.75) is 32.9 Å². The normalized spacial score (nSPS) is 19.1. The van der Waals surface area contributed by atoms with Gasteiger partial charge in [-0.25, -0.2) is 4.79 Å². The van der Waals surface area contributed by atoms with E-state index in [1.54, 1.807) is 25.1 Å². The maximum absolute atomic E-state index is 13.4. The average Bonchev–Trinajstić information content (AvgIpc) is 3.26. The second kappa shape index (κ2) is 8.61. The van der Waals surface area contributed by atoms with Gasteiger partial charge in [-0.05, 0) is 50.1 Å². The number of rotatable bonds is 6. The molecule has 2 aromatic carbocycles. The Hall–Kier alpha value is -4.07. The third-order valence-electron chi connectivity index (χ3n) is 6.75. The molecule has 1 aromatic heterocycles. The van der Waals surface area contributed by atoms with Crippen LogP contribution in [-0.2, 0) is 16.9 Å². The first-order valence-corrected chi connectivity index (χ1v) is 11.6. The fourth-order valence-corrected chi connectivity index (χ4v) is 4.71. The van der Waals surface area contributed by atoms with Crippen molar-refractivity contribution in [2.75, 3.05) is 19.8 Å². The molecule has 0 unspecified atom stereocenters. The lowest BCUT2D eigenvalue weighted by Gasteiger charge is -2.25. The van der Waals surface area contributed by atoms with Crippen LogP contribution in [0.3, 0.4) is 0 Å². The monoisotopic (exact) mass is 473 g/mol. The molecule has 3 heterocycles. The van der Waals surface area contributed by atoms with Crippen molar-refractivity contribution in [3.05, 3.63) is 82.7 Å². The number of nitrogens with one attached hydrogen (secondary N) is 1. The van der Waals surface area contributed by atoms with Crippen molar-refractivity contribution in [1.29, 1.82) is 0 Å². The number of aryl methyl sites for hydroxylation is 1. The summed E-state index contributed by atoms with van der Waals surface area (Å²) in [7, 11) is 0. The smallest absolute Gasteiger partial charge is 0.325 e. The van der Waals surface area contributed by atoms with Gasteiger partial charge < -0.3 is 19.4 Å². The van der Waals surface area contributed by atoms with E-state index >= 15 is 0 Å². The van der Waals surface area contributed by atoms with Crippen molar-refractivity contribution < 1.29 is 23.9 Å². The number of aromatic nitrogens is 1. The topological polar surface area (TPSA) is 89.9 Å². The number of ketones is 1. The number of carbonyl (C=O) groups excluding carboxylic acids is 3. The Balaban J connectivity index is 1.36. The first-order valence-electron chi connectivity index (χ1n) is 11.6. The number of hydrogen-bond donors (Lipinski definition) is 1. The van der Waals surface area contributed by atoms with Gasteiger partial charge in [0, 0.05) is 23.5 Å². The number of fused-ring (bicyclic) bond motifs is 1. The molecule has 1 atom stereocenters. The number of nitrogens with zero attached hydrogens (tertiary/aromatic N) is 2. The first-order chi connectivity index (χ1) is 16.8. The highest BCUT2D eigenvalue weighted by atomic mass is 16.6. The summed E-state index contributed by atoms with van der Waals surface area (Å²) in [6.45, 7) is 6.64. The molecule has 8 nitrogen and oxygen atoms in total. The molecule has 1 fully saturated rings. The summed E-state index contributed by atoms with van der Waals surface area (Å²) in [4.78, 5) is 40.4. The standard InChI is InChI=1S/C27H27N3O5/c1-17-13-21(18(2)29(17)15-19-7-5-4-6-8-19)22(31)16-30-25(32)27(3,28-26(30)33)20-9-10-23-24(14-20)35-12-11-34-23/h4-10,13-14H,11-12,15-16H2,1-3H3,(H,28,33)/t27-/m1/s1. The molecule has 3 amide bonds. The van der Waals surface area contributed by atoms with E-state index in [0.29, 0.717) is 42.4 Å². The highest BCUT2D eigenvalue weighted by molar-refractivity contribution is 6.11. The fourth-order valence-electron chi connectivity index (χ4n) is 4.71. The maximum atomic E-state index is 13.4. The molecule has 2 aliphatic rings. The second-order valence-electron chi connectivity index (χ2n) is 9.08. The molecular formula is C27H27N3O5. The third-order valence-corrected chi connectivity index (χ3v) is 6.75. The van der Waals surface area contributed by atoms with Crippen LogP contribution in [-0.4, -0.2) is 46.9 Å². The zero-order valence-electron chi connectivity index (χ0n) is 20.0. The van der Waals surface area contributed by atoms with Crippen LogP contribution in [0.25, 0.3) is 0 Å². The van der Waals surface area contributed by atoms with Gasteiger partial charge in [0.15, 0.2) is 17.3 Å². The Morgan fingerprint density at radius 1 is 1.00 bits per heavy atom. The van der Waals surface area contributed by atoms with Crippen LogP contribution in [0, 0.1) is 13.8 Å². The Morgan fingerprint density at radius 2 is 1.71 bits per heavy atom. The lowest BCUT2D eigenvalue weighted by molar-refractivity contribution is -0.130. The zero-order chi connectivity index (χ0) is 24.7. The molecule has 180 valence electrons. The van der Waals surface area contributed by atoms with Gasteiger partial charge in [-0.2, -0.15) is 0 Å². The van der Waals surface area contributed by atoms with Gasteiger partial charge in [-0.1, -0.05) is 36.4 Å². The lowest BCUT2D eigenvalue weighted by Crippen LogP contribution is -2.41. The summed E-state index contributed by atoms with van der Waals surface area (Å²) in [5.41, 5.74) is 2.63. The van der Waals surface area contributed by atoms with Crippen LogP contribution in [0.4, 0.5) is 4.79 Å². The second-order valence-corrected chi connectivity index (χ2v) is 9.08. The minimum absolute atomic E-state index is 0.285. The van der Waals surface area contributed by atoms with Crippen molar-refractivity contribution in [3.8, 4) is 11.5 Å². The summed E-state index contributed by atoms with van der Waals surface area (Å²) >= 11 is 0. The van der Waals surface area contributed by atoms with Gasteiger partial charge in [0.25, 0.3) is 5.91 Å². The van der Waals surface area contributed by atoms with Gasteiger partial charge in [0.05, 0.1) is 6.54 Å². The predicted octanol–water partition coefficient (Wildman–Crippen LogP) is 3.57. The largest absolute Gasteiger partial charge is 0.486 e. The lowest BCUT2D eigenvalue weighted by atomic mass is 9.91. The molecule has 0 radical (unpaired) electrons. The Morgan fingerprint density at radius 3 is 2.46 bits per heavy atom. The average molecular weight is 474 g/mol. The molecule has 0 aliphatic carbocycles. The van der Waals surface area contributed by atoms with E-state index in [0.717, 1.165) is 21.9 Å². The van der Waals surface area contributed by atoms with Crippen LogP contribution >= 0.6 is 0 Å². The summed E-state index contributed by atoms with van der Waals surface area (Å²) in [6.07, 6.45) is 0. The van der Waals surface area contributed by atoms with Gasteiger partial charge >= 0.3 is 6.03 Å². The summed E-state index contributed by atoms with van der Waals surface area (Å²) in [6, 6.07) is 16.4. The van der Waals surface area contributed by atoms with E-state index in [9.17, 15) is 14.4 Å². The number of Topliss-reactive ketones (excluding diaryl/α,β-unsaturated/α-hetero) is 1. The number of ether oxygens (including phenoxy) is 2. The van der Waals surface area contributed by atoms with Gasteiger partial charge in [0.1, 0.15) is 18.8 Å². The van der Waals surface area contributed by atoms with Crippen molar-refractivity contribution >= 4 is 17.7 Å². The van der Waals surface area contributed by atoms with Crippen molar-refractivity contribution in [3.63, 3.8) is 0 Å². The number of hydrogen-bond acceptors (Lipinski definition) is 5. The quantitative estimate of drug-likeness (QED) is 0.437. The van der Waals surface area contributed by atoms with E-state index in [2.05, 4.69) is 9.88 Å². The van der Waals surface area contributed by atoms with Crippen LogP contribution in [0.15, 0.2) is 54.6 Å². The Kier molecular flexibility index (Phi) is 5.59. The number of urea groups is 1. The Labute approximate surface area is 203 Å². The van der Waals surface area contributed by atoms with Crippen LogP contribution in [0.5, 0.6) is 11.5 Å². The van der Waals surface area contributed by atoms with Gasteiger partial charge in [-0.15, -0.1) is 0 Å². The number of carbonyl (C=O) groups is 3. The third kappa shape index (κ3) is 3.95. The van der Waals surface area contributed by atoms with E-state index in [1.165, 1.54) is 0 Å². The molecule has 8 heteroatoms. The van der Waals surface area contributed by atoms with E-state index < -0.39 is 17.5 Å². The summed E-state index contributed by atoms with van der Waals surface area (Å²) in [5.74, 6) is 0.355. The van der Waals surface area contributed by atoms with Crippen molar-refractivity contribution in [1.82, 2.24) is 14.8 Å². The van der Waals surface area contributed by atoms with Crippen LogP contribution in [0.1, 0.15) is 39.8 Å². The molecule has 0 bridgehead atoms. The molecular weight excluding hydrogens is 446 g/mol. The minimum atomic E-state index is -1.31. The van der Waals surface area contributed by atoms with E-state index in [4.69, 9.17) is 9.47 Å². The maximum Gasteiger partial charge on any atom is 0.325 e. The van der Waals surface area contributed by atoms with Gasteiger partial charge in [-0.3, -0.25) is 14.5 Å². The molecule has 1 N–H and O–H groups in total. The van der Waals surface area contributed by atoms with Crippen LogP contribution in [0.2, 0.25) is 0 Å². The van der Waals surface area contributed by atoms with E-state index in [-0.39, 0.29) is 12.3 Å². The first kappa shape index (κ1) is 22.7. The number of amides is 3. The molecule has 1 saturated heterocycles. The summed E-state index contributed by atoms with van der Waals surface area (Å²) in [5, 5.41) is 2.76. The summed E-state index contributed by atoms with van der Waals surface area (Å²) < 4.78 is 13.2.